The molecule has 0 saturated carbocycles. The number of benzene rings is 2. The van der Waals surface area contributed by atoms with E-state index in [4.69, 9.17) is 0 Å². The molecule has 6 rings (SSSR count). The zero-order valence-corrected chi connectivity index (χ0v) is 16.3. The standard InChI is InChI=1S/C22H16Br2/c23-21-17-9-15(11-5-1-3-7-13(11)17)19(21)20-16-10-18(22(20)24)14-8-4-2-6-12(14)16/h1-8,15-18H,9-10H2. The third kappa shape index (κ3) is 1.55. The Labute approximate surface area is 158 Å². The Morgan fingerprint density at radius 3 is 1.25 bits per heavy atom. The summed E-state index contributed by atoms with van der Waals surface area (Å²) in [7, 11) is 0. The zero-order chi connectivity index (χ0) is 16.0. The second kappa shape index (κ2) is 4.74. The first-order valence-corrected chi connectivity index (χ1v) is 10.3. The topological polar surface area (TPSA) is 0 Å². The molecule has 4 bridgehead atoms. The fourth-order valence-electron chi connectivity index (χ4n) is 5.64. The van der Waals surface area contributed by atoms with Crippen molar-refractivity contribution in [2.24, 2.45) is 0 Å². The second-order valence-electron chi connectivity index (χ2n) is 7.46. The van der Waals surface area contributed by atoms with Crippen LogP contribution in [0.5, 0.6) is 0 Å². The van der Waals surface area contributed by atoms with Crippen LogP contribution < -0.4 is 0 Å². The minimum absolute atomic E-state index is 0.573. The molecule has 0 heterocycles. The molecule has 118 valence electrons. The molecule has 0 spiro atoms. The Hall–Kier alpha value is -1.12. The van der Waals surface area contributed by atoms with Crippen molar-refractivity contribution in [3.05, 3.63) is 90.9 Å². The molecule has 24 heavy (non-hydrogen) atoms. The van der Waals surface area contributed by atoms with E-state index in [9.17, 15) is 0 Å². The normalized spacial score (nSPS) is 31.9. The van der Waals surface area contributed by atoms with Gasteiger partial charge in [0.15, 0.2) is 0 Å². The largest absolute Gasteiger partial charge is 0.0620 e. The van der Waals surface area contributed by atoms with Crippen LogP contribution in [0.2, 0.25) is 0 Å². The van der Waals surface area contributed by atoms with E-state index in [0.29, 0.717) is 23.7 Å². The fraction of sp³-hybridized carbons (Fsp3) is 0.273. The van der Waals surface area contributed by atoms with Crippen LogP contribution in [0.3, 0.4) is 0 Å². The maximum Gasteiger partial charge on any atom is 0.0171 e. The molecule has 4 atom stereocenters. The number of hydrogen-bond donors (Lipinski definition) is 0. The molecular weight excluding hydrogens is 424 g/mol. The van der Waals surface area contributed by atoms with Crippen LogP contribution in [-0.2, 0) is 0 Å². The highest BCUT2D eigenvalue weighted by molar-refractivity contribution is 9.12. The van der Waals surface area contributed by atoms with Crippen LogP contribution in [-0.4, -0.2) is 0 Å². The van der Waals surface area contributed by atoms with Gasteiger partial charge in [-0.25, -0.2) is 0 Å². The van der Waals surface area contributed by atoms with Gasteiger partial charge < -0.3 is 0 Å². The summed E-state index contributed by atoms with van der Waals surface area (Å²) in [5, 5.41) is 0. The summed E-state index contributed by atoms with van der Waals surface area (Å²) in [6, 6.07) is 18.1. The number of allylic oxidation sites excluding steroid dienone is 4. The molecule has 2 aromatic rings. The maximum absolute atomic E-state index is 4.01. The van der Waals surface area contributed by atoms with Gasteiger partial charge in [-0.05, 0) is 46.2 Å². The van der Waals surface area contributed by atoms with Crippen LogP contribution in [0, 0.1) is 0 Å². The summed E-state index contributed by atoms with van der Waals surface area (Å²) >= 11 is 8.01. The average Bonchev–Trinajstić information content (AvgIpc) is 3.33. The van der Waals surface area contributed by atoms with E-state index in [1.165, 1.54) is 21.8 Å². The third-order valence-electron chi connectivity index (χ3n) is 6.55. The first kappa shape index (κ1) is 14.1. The molecule has 0 nitrogen and oxygen atoms in total. The van der Waals surface area contributed by atoms with Crippen LogP contribution >= 0.6 is 31.9 Å². The van der Waals surface area contributed by atoms with Gasteiger partial charge in [0.2, 0.25) is 0 Å². The summed E-state index contributed by atoms with van der Waals surface area (Å²) < 4.78 is 2.89. The van der Waals surface area contributed by atoms with Gasteiger partial charge in [0.25, 0.3) is 0 Å². The zero-order valence-electron chi connectivity index (χ0n) is 13.1. The van der Waals surface area contributed by atoms with Crippen molar-refractivity contribution in [3.8, 4) is 0 Å². The van der Waals surface area contributed by atoms with Crippen molar-refractivity contribution in [2.45, 2.75) is 36.5 Å². The first-order valence-electron chi connectivity index (χ1n) is 8.73. The molecular formula is C22H16Br2. The van der Waals surface area contributed by atoms with Gasteiger partial charge in [-0.1, -0.05) is 80.4 Å². The molecule has 2 heteroatoms. The van der Waals surface area contributed by atoms with Gasteiger partial charge in [0.1, 0.15) is 0 Å². The highest BCUT2D eigenvalue weighted by Crippen LogP contribution is 2.67. The molecule has 0 fully saturated rings. The molecule has 0 aliphatic heterocycles. The molecule has 0 amide bonds. The van der Waals surface area contributed by atoms with Gasteiger partial charge in [-0.3, -0.25) is 0 Å². The van der Waals surface area contributed by atoms with Crippen molar-refractivity contribution in [2.75, 3.05) is 0 Å². The van der Waals surface area contributed by atoms with E-state index in [1.807, 2.05) is 0 Å². The number of fused-ring (bicyclic) bond motifs is 10. The van der Waals surface area contributed by atoms with E-state index in [0.717, 1.165) is 0 Å². The number of hydrogen-bond acceptors (Lipinski definition) is 0. The average molecular weight is 440 g/mol. The summed E-state index contributed by atoms with van der Waals surface area (Å²) in [6.07, 6.45) is 2.50. The Kier molecular flexibility index (Phi) is 2.78. The lowest BCUT2D eigenvalue weighted by molar-refractivity contribution is 0.754. The lowest BCUT2D eigenvalue weighted by Gasteiger charge is -2.27. The monoisotopic (exact) mass is 438 g/mol. The van der Waals surface area contributed by atoms with E-state index in [2.05, 4.69) is 80.4 Å². The Bertz CT molecular complexity index is 886. The molecule has 0 radical (unpaired) electrons. The van der Waals surface area contributed by atoms with Crippen LogP contribution in [0.1, 0.15) is 58.8 Å². The molecule has 0 saturated heterocycles. The Balaban J connectivity index is 1.53. The van der Waals surface area contributed by atoms with Gasteiger partial charge in [0.05, 0.1) is 0 Å². The highest BCUT2D eigenvalue weighted by Gasteiger charge is 2.50. The van der Waals surface area contributed by atoms with E-state index >= 15 is 0 Å². The predicted molar refractivity (Wildman–Crippen MR) is 105 cm³/mol. The quantitative estimate of drug-likeness (QED) is 0.455. The smallest absolute Gasteiger partial charge is 0.0171 e. The maximum atomic E-state index is 4.01. The summed E-state index contributed by atoms with van der Waals surface area (Å²) in [5.74, 6) is 2.30. The van der Waals surface area contributed by atoms with Crippen molar-refractivity contribution < 1.29 is 0 Å². The van der Waals surface area contributed by atoms with Gasteiger partial charge in [0, 0.05) is 32.6 Å². The number of halogens is 2. The fourth-order valence-corrected chi connectivity index (χ4v) is 7.49. The van der Waals surface area contributed by atoms with Gasteiger partial charge >= 0.3 is 0 Å². The van der Waals surface area contributed by atoms with Crippen molar-refractivity contribution >= 4 is 31.9 Å². The number of rotatable bonds is 1. The molecule has 0 aromatic heterocycles. The van der Waals surface area contributed by atoms with E-state index in [-0.39, 0.29) is 0 Å². The Morgan fingerprint density at radius 1 is 0.542 bits per heavy atom. The third-order valence-corrected chi connectivity index (χ3v) is 8.51. The molecule has 4 aliphatic rings. The van der Waals surface area contributed by atoms with Crippen molar-refractivity contribution in [3.63, 3.8) is 0 Å². The minimum atomic E-state index is 0.573. The molecule has 2 aromatic carbocycles. The molecule has 4 unspecified atom stereocenters. The lowest BCUT2D eigenvalue weighted by atomic mass is 9.80. The van der Waals surface area contributed by atoms with Crippen LogP contribution in [0.15, 0.2) is 68.6 Å². The van der Waals surface area contributed by atoms with Crippen LogP contribution in [0.4, 0.5) is 0 Å². The van der Waals surface area contributed by atoms with Crippen molar-refractivity contribution in [1.82, 2.24) is 0 Å². The minimum Gasteiger partial charge on any atom is -0.0620 e. The second-order valence-corrected chi connectivity index (χ2v) is 9.17. The summed E-state index contributed by atoms with van der Waals surface area (Å²) in [4.78, 5) is 0. The molecule has 0 N–H and O–H groups in total. The predicted octanol–water partition coefficient (Wildman–Crippen LogP) is 6.85. The van der Waals surface area contributed by atoms with Crippen molar-refractivity contribution in [1.29, 1.82) is 0 Å². The van der Waals surface area contributed by atoms with E-state index < -0.39 is 0 Å². The van der Waals surface area contributed by atoms with E-state index in [1.54, 1.807) is 33.4 Å². The Morgan fingerprint density at radius 2 is 0.875 bits per heavy atom. The molecule has 4 aliphatic carbocycles. The SMILES string of the molecule is BrC1=C(C2=C(Br)C3CC2c2ccccc23)C2CC1c1ccccc12. The first-order chi connectivity index (χ1) is 11.8. The summed E-state index contributed by atoms with van der Waals surface area (Å²) in [6.45, 7) is 0. The van der Waals surface area contributed by atoms with Gasteiger partial charge in [-0.15, -0.1) is 0 Å². The lowest BCUT2D eigenvalue weighted by Crippen LogP contribution is -2.10. The van der Waals surface area contributed by atoms with Crippen LogP contribution in [0.25, 0.3) is 0 Å². The highest BCUT2D eigenvalue weighted by atomic mass is 79.9. The summed E-state index contributed by atoms with van der Waals surface area (Å²) in [5.41, 5.74) is 9.38. The van der Waals surface area contributed by atoms with Gasteiger partial charge in [-0.2, -0.15) is 0 Å².